The van der Waals surface area contributed by atoms with Crippen LogP contribution in [0.15, 0.2) is 52.3 Å². The van der Waals surface area contributed by atoms with E-state index in [2.05, 4.69) is 4.98 Å². The molecular weight excluding hydrogens is 352 g/mol. The molecule has 0 saturated heterocycles. The van der Waals surface area contributed by atoms with Crippen LogP contribution in [0.25, 0.3) is 11.0 Å². The largest absolute Gasteiger partial charge is 0.330 e. The van der Waals surface area contributed by atoms with Crippen LogP contribution in [-0.2, 0) is 23.6 Å². The fourth-order valence-corrected chi connectivity index (χ4v) is 4.47. The number of benzene rings is 1. The molecule has 0 fully saturated rings. The molecule has 2 aromatic heterocycles. The van der Waals surface area contributed by atoms with E-state index < -0.39 is 10.0 Å². The summed E-state index contributed by atoms with van der Waals surface area (Å²) in [6, 6.07) is 10.3. The summed E-state index contributed by atoms with van der Waals surface area (Å²) in [7, 11) is -1.74. The Balaban J connectivity index is 2.03. The molecule has 26 heavy (non-hydrogen) atoms. The van der Waals surface area contributed by atoms with E-state index in [1.54, 1.807) is 13.8 Å². The van der Waals surface area contributed by atoms with E-state index in [0.717, 1.165) is 11.0 Å². The maximum atomic E-state index is 12.7. The monoisotopic (exact) mass is 374 g/mol. The van der Waals surface area contributed by atoms with Gasteiger partial charge in [-0.05, 0) is 18.2 Å². The molecule has 0 aliphatic heterocycles. The Kier molecular flexibility index (Phi) is 4.97. The lowest BCUT2D eigenvalue weighted by molar-refractivity contribution is 0.444. The van der Waals surface area contributed by atoms with Crippen molar-refractivity contribution < 1.29 is 8.42 Å². The molecule has 2 heterocycles. The van der Waals surface area contributed by atoms with Gasteiger partial charge in [0, 0.05) is 32.4 Å². The molecule has 0 amide bonds. The zero-order valence-corrected chi connectivity index (χ0v) is 15.9. The number of aryl methyl sites for hydroxylation is 1. The summed E-state index contributed by atoms with van der Waals surface area (Å²) < 4.78 is 30.1. The highest BCUT2D eigenvalue weighted by molar-refractivity contribution is 7.89. The second-order valence-electron chi connectivity index (χ2n) is 6.00. The Bertz CT molecular complexity index is 1100. The van der Waals surface area contributed by atoms with Crippen LogP contribution in [-0.4, -0.2) is 39.9 Å². The number of hydrogen-bond donors (Lipinski definition) is 0. The van der Waals surface area contributed by atoms with Gasteiger partial charge < -0.3 is 9.13 Å². The Morgan fingerprint density at radius 1 is 1.08 bits per heavy atom. The van der Waals surface area contributed by atoms with Crippen LogP contribution in [0.5, 0.6) is 0 Å². The second-order valence-corrected chi connectivity index (χ2v) is 7.93. The first-order valence-corrected chi connectivity index (χ1v) is 9.93. The molecule has 138 valence electrons. The van der Waals surface area contributed by atoms with E-state index in [9.17, 15) is 13.2 Å². The minimum absolute atomic E-state index is 0.111. The summed E-state index contributed by atoms with van der Waals surface area (Å²) in [4.78, 5) is 16.9. The number of imidazole rings is 1. The van der Waals surface area contributed by atoms with Gasteiger partial charge >= 0.3 is 0 Å². The molecule has 0 bridgehead atoms. The zero-order chi connectivity index (χ0) is 18.9. The molecule has 0 unspecified atom stereocenters. The number of sulfonamides is 1. The van der Waals surface area contributed by atoms with Gasteiger partial charge in [-0.3, -0.25) is 4.79 Å². The van der Waals surface area contributed by atoms with E-state index in [-0.39, 0.29) is 17.0 Å². The van der Waals surface area contributed by atoms with Crippen LogP contribution >= 0.6 is 0 Å². The van der Waals surface area contributed by atoms with Gasteiger partial charge in [0.15, 0.2) is 0 Å². The van der Waals surface area contributed by atoms with E-state index in [4.69, 9.17) is 0 Å². The molecule has 0 radical (unpaired) electrons. The summed E-state index contributed by atoms with van der Waals surface area (Å²) in [6.07, 6.45) is 1.40. The molecule has 0 aliphatic carbocycles. The highest BCUT2D eigenvalue weighted by Crippen LogP contribution is 2.16. The van der Waals surface area contributed by atoms with Crippen molar-refractivity contribution >= 4 is 21.1 Å². The maximum Gasteiger partial charge on any atom is 0.251 e. The molecule has 0 atom stereocenters. The Labute approximate surface area is 152 Å². The first-order chi connectivity index (χ1) is 12.4. The van der Waals surface area contributed by atoms with E-state index >= 15 is 0 Å². The quantitative estimate of drug-likeness (QED) is 0.659. The maximum absolute atomic E-state index is 12.7. The van der Waals surface area contributed by atoms with Crippen molar-refractivity contribution in [1.82, 2.24) is 18.4 Å². The normalized spacial score (nSPS) is 12.2. The van der Waals surface area contributed by atoms with Gasteiger partial charge in [0.1, 0.15) is 5.82 Å². The van der Waals surface area contributed by atoms with Gasteiger partial charge in [-0.15, -0.1) is 0 Å². The number of rotatable bonds is 6. The molecule has 0 spiro atoms. The smallest absolute Gasteiger partial charge is 0.251 e. The Hall–Kier alpha value is -2.45. The van der Waals surface area contributed by atoms with Crippen molar-refractivity contribution in [2.75, 3.05) is 13.1 Å². The molecule has 0 saturated carbocycles. The molecule has 7 nitrogen and oxygen atoms in total. The molecule has 3 aromatic rings. The third kappa shape index (κ3) is 3.17. The van der Waals surface area contributed by atoms with Gasteiger partial charge in [-0.2, -0.15) is 4.31 Å². The van der Waals surface area contributed by atoms with E-state index in [1.807, 2.05) is 35.9 Å². The average molecular weight is 374 g/mol. The fourth-order valence-electron chi connectivity index (χ4n) is 2.99. The number of para-hydroxylation sites is 2. The first kappa shape index (κ1) is 18.3. The number of fused-ring (bicyclic) bond motifs is 1. The highest BCUT2D eigenvalue weighted by Gasteiger charge is 2.22. The van der Waals surface area contributed by atoms with Crippen LogP contribution in [0.1, 0.15) is 19.7 Å². The lowest BCUT2D eigenvalue weighted by Gasteiger charge is -2.19. The standard InChI is InChI=1S/C18H22N4O3S/c1-4-22(5-2)26(24,25)14-10-11-18(23)21(12-14)13-17-19-15-8-6-7-9-16(15)20(17)3/h6-12H,4-5,13H2,1-3H3. The number of aromatic nitrogens is 3. The topological polar surface area (TPSA) is 77.2 Å². The van der Waals surface area contributed by atoms with Crippen molar-refractivity contribution in [2.45, 2.75) is 25.3 Å². The van der Waals surface area contributed by atoms with Crippen LogP contribution in [0, 0.1) is 0 Å². The lowest BCUT2D eigenvalue weighted by atomic mass is 10.3. The number of pyridine rings is 1. The lowest BCUT2D eigenvalue weighted by Crippen LogP contribution is -2.32. The van der Waals surface area contributed by atoms with Crippen molar-refractivity contribution in [3.8, 4) is 0 Å². The predicted molar refractivity (Wildman–Crippen MR) is 101 cm³/mol. The van der Waals surface area contributed by atoms with Gasteiger partial charge in [0.2, 0.25) is 10.0 Å². The zero-order valence-electron chi connectivity index (χ0n) is 15.1. The van der Waals surface area contributed by atoms with Gasteiger partial charge in [0.25, 0.3) is 5.56 Å². The van der Waals surface area contributed by atoms with Crippen LogP contribution < -0.4 is 5.56 Å². The molecular formula is C18H22N4O3S. The van der Waals surface area contributed by atoms with Gasteiger partial charge in [-0.1, -0.05) is 26.0 Å². The third-order valence-corrected chi connectivity index (χ3v) is 6.52. The van der Waals surface area contributed by atoms with E-state index in [1.165, 1.54) is 27.2 Å². The Morgan fingerprint density at radius 2 is 1.77 bits per heavy atom. The average Bonchev–Trinajstić information content (AvgIpc) is 2.94. The molecule has 0 aliphatic rings. The van der Waals surface area contributed by atoms with Crippen molar-refractivity contribution in [3.63, 3.8) is 0 Å². The van der Waals surface area contributed by atoms with Crippen LogP contribution in [0.3, 0.4) is 0 Å². The molecule has 1 aromatic carbocycles. The van der Waals surface area contributed by atoms with E-state index in [0.29, 0.717) is 18.9 Å². The van der Waals surface area contributed by atoms with Crippen molar-refractivity contribution in [2.24, 2.45) is 7.05 Å². The highest BCUT2D eigenvalue weighted by atomic mass is 32.2. The van der Waals surface area contributed by atoms with Crippen molar-refractivity contribution in [3.05, 3.63) is 58.8 Å². The second kappa shape index (κ2) is 7.05. The van der Waals surface area contributed by atoms with Gasteiger partial charge in [-0.25, -0.2) is 13.4 Å². The van der Waals surface area contributed by atoms with Crippen LogP contribution in [0.2, 0.25) is 0 Å². The van der Waals surface area contributed by atoms with Crippen molar-refractivity contribution in [1.29, 1.82) is 0 Å². The fraction of sp³-hybridized carbons (Fsp3) is 0.333. The Morgan fingerprint density at radius 3 is 2.42 bits per heavy atom. The molecule has 0 N–H and O–H groups in total. The predicted octanol–water partition coefficient (Wildman–Crippen LogP) is 1.81. The van der Waals surface area contributed by atoms with Crippen LogP contribution in [0.4, 0.5) is 0 Å². The summed E-state index contributed by atoms with van der Waals surface area (Å²) in [5, 5.41) is 0. The summed E-state index contributed by atoms with van der Waals surface area (Å²) in [6.45, 7) is 4.53. The summed E-state index contributed by atoms with van der Waals surface area (Å²) in [5.74, 6) is 0.686. The molecule has 3 rings (SSSR count). The summed E-state index contributed by atoms with van der Waals surface area (Å²) in [5.41, 5.74) is 1.53. The minimum atomic E-state index is -3.62. The minimum Gasteiger partial charge on any atom is -0.330 e. The number of nitrogens with zero attached hydrogens (tertiary/aromatic N) is 4. The van der Waals surface area contributed by atoms with Gasteiger partial charge in [0.05, 0.1) is 22.5 Å². The first-order valence-electron chi connectivity index (χ1n) is 8.49. The third-order valence-electron chi connectivity index (χ3n) is 4.49. The summed E-state index contributed by atoms with van der Waals surface area (Å²) >= 11 is 0. The number of hydrogen-bond acceptors (Lipinski definition) is 4. The molecule has 8 heteroatoms. The SMILES string of the molecule is CCN(CC)S(=O)(=O)c1ccc(=O)n(Cc2nc3ccccc3n2C)c1.